The molecule has 27 heavy (non-hydrogen) atoms. The van der Waals surface area contributed by atoms with Crippen LogP contribution in [0.2, 0.25) is 0 Å². The van der Waals surface area contributed by atoms with Crippen LogP contribution in [-0.4, -0.2) is 30.1 Å². The lowest BCUT2D eigenvalue weighted by Gasteiger charge is -2.17. The van der Waals surface area contributed by atoms with E-state index < -0.39 is 23.6 Å². The van der Waals surface area contributed by atoms with Gasteiger partial charge in [0.2, 0.25) is 5.91 Å². The van der Waals surface area contributed by atoms with Crippen LogP contribution in [-0.2, 0) is 16.0 Å². The zero-order valence-corrected chi connectivity index (χ0v) is 15.4. The summed E-state index contributed by atoms with van der Waals surface area (Å²) >= 11 is 0. The van der Waals surface area contributed by atoms with Crippen molar-refractivity contribution in [2.24, 2.45) is 5.92 Å². The third-order valence-corrected chi connectivity index (χ3v) is 4.33. The van der Waals surface area contributed by atoms with E-state index in [2.05, 4.69) is 5.32 Å². The Balaban J connectivity index is 1.95. The monoisotopic (exact) mass is 373 g/mol. The van der Waals surface area contributed by atoms with Crippen LogP contribution in [0.5, 0.6) is 5.75 Å². The van der Waals surface area contributed by atoms with Gasteiger partial charge in [0.05, 0.1) is 18.4 Å². The normalized spacial score (nSPS) is 12.9. The maximum atomic E-state index is 13.3. The van der Waals surface area contributed by atoms with Crippen molar-refractivity contribution >= 4 is 11.9 Å². The molecule has 0 aliphatic carbocycles. The maximum Gasteiger partial charge on any atom is 0.308 e. The number of benzene rings is 2. The van der Waals surface area contributed by atoms with Gasteiger partial charge in [-0.1, -0.05) is 24.3 Å². The summed E-state index contributed by atoms with van der Waals surface area (Å²) in [5.41, 5.74) is 1.39. The number of carboxylic acids is 1. The second kappa shape index (κ2) is 9.71. The molecule has 0 fully saturated rings. The van der Waals surface area contributed by atoms with Gasteiger partial charge in [-0.2, -0.15) is 0 Å². The number of hydrogen-bond acceptors (Lipinski definition) is 3. The highest BCUT2D eigenvalue weighted by molar-refractivity contribution is 5.83. The fraction of sp³-hybridized carbons (Fsp3) is 0.333. The highest BCUT2D eigenvalue weighted by Crippen LogP contribution is 2.18. The first-order valence-electron chi connectivity index (χ1n) is 8.88. The molecule has 2 aromatic carbocycles. The molecule has 0 aliphatic heterocycles. The third-order valence-electron chi connectivity index (χ3n) is 4.33. The van der Waals surface area contributed by atoms with Crippen molar-refractivity contribution in [3.05, 3.63) is 65.5 Å². The number of amides is 1. The fourth-order valence-corrected chi connectivity index (χ4v) is 2.72. The minimum Gasteiger partial charge on any atom is -0.494 e. The summed E-state index contributed by atoms with van der Waals surface area (Å²) in [5, 5.41) is 12.1. The molecule has 0 saturated heterocycles. The molecule has 6 heteroatoms. The first-order valence-corrected chi connectivity index (χ1v) is 8.88. The van der Waals surface area contributed by atoms with Crippen LogP contribution in [0.4, 0.5) is 4.39 Å². The molecule has 2 unspecified atom stereocenters. The number of aliphatic carboxylic acids is 1. The molecule has 2 N–H and O–H groups in total. The van der Waals surface area contributed by atoms with Gasteiger partial charge in [-0.3, -0.25) is 9.59 Å². The lowest BCUT2D eigenvalue weighted by Crippen LogP contribution is -2.36. The van der Waals surface area contributed by atoms with Gasteiger partial charge < -0.3 is 15.2 Å². The van der Waals surface area contributed by atoms with Crippen LogP contribution in [0.1, 0.15) is 30.9 Å². The summed E-state index contributed by atoms with van der Waals surface area (Å²) in [4.78, 5) is 23.9. The topological polar surface area (TPSA) is 75.6 Å². The molecule has 144 valence electrons. The summed E-state index contributed by atoms with van der Waals surface area (Å²) in [5.74, 6) is -2.33. The number of nitrogens with one attached hydrogen (secondary N) is 1. The number of hydrogen-bond donors (Lipinski definition) is 2. The van der Waals surface area contributed by atoms with Gasteiger partial charge in [-0.25, -0.2) is 4.39 Å². The zero-order chi connectivity index (χ0) is 19.8. The first kappa shape index (κ1) is 20.4. The van der Waals surface area contributed by atoms with Crippen LogP contribution >= 0.6 is 0 Å². The molecule has 0 radical (unpaired) electrons. The number of carbonyl (C=O) groups is 2. The van der Waals surface area contributed by atoms with Gasteiger partial charge in [0, 0.05) is 6.54 Å². The average Bonchev–Trinajstić information content (AvgIpc) is 2.65. The number of rotatable bonds is 9. The molecule has 2 atom stereocenters. The van der Waals surface area contributed by atoms with E-state index in [0.717, 1.165) is 11.3 Å². The largest absolute Gasteiger partial charge is 0.494 e. The molecule has 2 rings (SSSR count). The maximum absolute atomic E-state index is 13.3. The Labute approximate surface area is 158 Å². The second-order valence-corrected chi connectivity index (χ2v) is 6.34. The standard InChI is InChI=1S/C21H24FNO4/c1-3-27-19-9-7-15(8-10-19)11-17(21(25)26)13-23-20(24)14(2)16-5-4-6-18(22)12-16/h4-10,12,14,17H,3,11,13H2,1-2H3,(H,23,24)(H,25,26). The average molecular weight is 373 g/mol. The minimum atomic E-state index is -0.984. The Bertz CT molecular complexity index is 776. The molecule has 0 bridgehead atoms. The smallest absolute Gasteiger partial charge is 0.308 e. The number of carbonyl (C=O) groups excluding carboxylic acids is 1. The molecular weight excluding hydrogens is 349 g/mol. The van der Waals surface area contributed by atoms with Gasteiger partial charge in [-0.15, -0.1) is 0 Å². The molecular formula is C21H24FNO4. The molecule has 1 amide bonds. The predicted molar refractivity (Wildman–Crippen MR) is 100 cm³/mol. The van der Waals surface area contributed by atoms with Crippen molar-refractivity contribution in [1.29, 1.82) is 0 Å². The number of halogens is 1. The zero-order valence-electron chi connectivity index (χ0n) is 15.4. The Morgan fingerprint density at radius 3 is 2.48 bits per heavy atom. The summed E-state index contributed by atoms with van der Waals surface area (Å²) in [6.45, 7) is 4.11. The van der Waals surface area contributed by atoms with Crippen LogP contribution in [0, 0.1) is 11.7 Å². The van der Waals surface area contributed by atoms with Gasteiger partial charge >= 0.3 is 5.97 Å². The lowest BCUT2D eigenvalue weighted by molar-refractivity contribution is -0.141. The lowest BCUT2D eigenvalue weighted by atomic mass is 9.97. The fourth-order valence-electron chi connectivity index (χ4n) is 2.72. The highest BCUT2D eigenvalue weighted by Gasteiger charge is 2.21. The predicted octanol–water partition coefficient (Wildman–Crippen LogP) is 3.39. The van der Waals surface area contributed by atoms with Crippen LogP contribution in [0.15, 0.2) is 48.5 Å². The highest BCUT2D eigenvalue weighted by atomic mass is 19.1. The molecule has 0 spiro atoms. The van der Waals surface area contributed by atoms with Crippen LogP contribution < -0.4 is 10.1 Å². The Morgan fingerprint density at radius 1 is 1.19 bits per heavy atom. The molecule has 0 saturated carbocycles. The first-order chi connectivity index (χ1) is 12.9. The van der Waals surface area contributed by atoms with E-state index in [4.69, 9.17) is 4.74 Å². The van der Waals surface area contributed by atoms with E-state index in [-0.39, 0.29) is 18.9 Å². The Morgan fingerprint density at radius 2 is 1.89 bits per heavy atom. The molecule has 2 aromatic rings. The van der Waals surface area contributed by atoms with E-state index in [0.29, 0.717) is 12.2 Å². The van der Waals surface area contributed by atoms with E-state index in [9.17, 15) is 19.1 Å². The van der Waals surface area contributed by atoms with Crippen LogP contribution in [0.3, 0.4) is 0 Å². The summed E-state index contributed by atoms with van der Waals surface area (Å²) < 4.78 is 18.7. The van der Waals surface area contributed by atoms with Gasteiger partial charge in [0.15, 0.2) is 0 Å². The van der Waals surface area contributed by atoms with Gasteiger partial charge in [-0.05, 0) is 55.7 Å². The van der Waals surface area contributed by atoms with E-state index in [1.807, 2.05) is 19.1 Å². The summed E-state index contributed by atoms with van der Waals surface area (Å²) in [6, 6.07) is 13.0. The summed E-state index contributed by atoms with van der Waals surface area (Å²) in [7, 11) is 0. The van der Waals surface area contributed by atoms with E-state index in [1.54, 1.807) is 31.2 Å². The Hall–Kier alpha value is -2.89. The van der Waals surface area contributed by atoms with Crippen molar-refractivity contribution < 1.29 is 23.8 Å². The number of carboxylic acid groups (broad SMARTS) is 1. The van der Waals surface area contributed by atoms with E-state index >= 15 is 0 Å². The molecule has 0 aromatic heterocycles. The minimum absolute atomic E-state index is 0.00103. The summed E-state index contributed by atoms with van der Waals surface area (Å²) in [6.07, 6.45) is 0.288. The molecule has 0 aliphatic rings. The molecule has 5 nitrogen and oxygen atoms in total. The van der Waals surface area contributed by atoms with E-state index in [1.165, 1.54) is 12.1 Å². The van der Waals surface area contributed by atoms with Crippen molar-refractivity contribution in [2.45, 2.75) is 26.2 Å². The van der Waals surface area contributed by atoms with Crippen molar-refractivity contribution in [3.63, 3.8) is 0 Å². The second-order valence-electron chi connectivity index (χ2n) is 6.34. The number of ether oxygens (including phenoxy) is 1. The van der Waals surface area contributed by atoms with Crippen molar-refractivity contribution in [1.82, 2.24) is 5.32 Å². The van der Waals surface area contributed by atoms with Crippen LogP contribution in [0.25, 0.3) is 0 Å². The van der Waals surface area contributed by atoms with Gasteiger partial charge in [0.1, 0.15) is 11.6 Å². The quantitative estimate of drug-likeness (QED) is 0.706. The molecule has 0 heterocycles. The van der Waals surface area contributed by atoms with Crippen molar-refractivity contribution in [3.8, 4) is 5.75 Å². The van der Waals surface area contributed by atoms with Crippen molar-refractivity contribution in [2.75, 3.05) is 13.2 Å². The Kier molecular flexibility index (Phi) is 7.34. The third kappa shape index (κ3) is 6.09. The SMILES string of the molecule is CCOc1ccc(CC(CNC(=O)C(C)c2cccc(F)c2)C(=O)O)cc1. The van der Waals surface area contributed by atoms with Gasteiger partial charge in [0.25, 0.3) is 0 Å².